The van der Waals surface area contributed by atoms with Gasteiger partial charge < -0.3 is 16.3 Å². The number of amides is 1. The van der Waals surface area contributed by atoms with Crippen molar-refractivity contribution in [3.05, 3.63) is 35.3 Å². The topological polar surface area (TPSA) is 126 Å². The summed E-state index contributed by atoms with van der Waals surface area (Å²) in [5, 5.41) is 25.1. The zero-order valence-electron chi connectivity index (χ0n) is 13.4. The minimum Gasteiger partial charge on any atom is -0.393 e. The Morgan fingerprint density at radius 3 is 2.80 bits per heavy atom. The lowest BCUT2D eigenvalue weighted by Gasteiger charge is -2.27. The first-order valence-electron chi connectivity index (χ1n) is 7.81. The third-order valence-electron chi connectivity index (χ3n) is 3.76. The summed E-state index contributed by atoms with van der Waals surface area (Å²) in [6, 6.07) is 9.73. The molecule has 2 aromatic rings. The molecule has 0 atom stereocenters. The van der Waals surface area contributed by atoms with E-state index in [9.17, 15) is 9.90 Å². The van der Waals surface area contributed by atoms with Gasteiger partial charge in [0.25, 0.3) is 5.91 Å². The maximum Gasteiger partial charge on any atom is 0.273 e. The average Bonchev–Trinajstić information content (AvgIpc) is 3.08. The van der Waals surface area contributed by atoms with Crippen LogP contribution in [0.3, 0.4) is 0 Å². The normalized spacial score (nSPS) is 20.4. The van der Waals surface area contributed by atoms with Crippen molar-refractivity contribution in [2.75, 3.05) is 0 Å². The van der Waals surface area contributed by atoms with Crippen molar-refractivity contribution >= 4 is 29.2 Å². The second-order valence-corrected chi connectivity index (χ2v) is 6.68. The Balaban J connectivity index is 1.54. The van der Waals surface area contributed by atoms with E-state index in [2.05, 4.69) is 25.6 Å². The molecule has 1 amide bonds. The number of hydrogen-bond donors (Lipinski definition) is 3. The van der Waals surface area contributed by atoms with Crippen LogP contribution in [-0.4, -0.2) is 45.3 Å². The van der Waals surface area contributed by atoms with Crippen molar-refractivity contribution in [2.45, 2.75) is 31.5 Å². The van der Waals surface area contributed by atoms with Gasteiger partial charge in [-0.15, -0.1) is 10.2 Å². The highest BCUT2D eigenvalue weighted by molar-refractivity contribution is 7.14. The van der Waals surface area contributed by atoms with E-state index in [1.165, 1.54) is 17.6 Å². The van der Waals surface area contributed by atoms with Crippen LogP contribution in [0.1, 0.15) is 17.8 Å². The standard InChI is InChI=1S/C16H18N6O2S/c17-20-13(8-18-11-6-12(23)7-11)15(24)19-9-14-21-22-16(25-14)10-4-2-1-3-5-10/h1-5,8,11-12,23H,6-7,9,17H2,(H,19,24)/b18-8?,20-13+. The smallest absolute Gasteiger partial charge is 0.273 e. The highest BCUT2D eigenvalue weighted by Crippen LogP contribution is 2.23. The number of nitrogens with one attached hydrogen (secondary N) is 1. The van der Waals surface area contributed by atoms with Gasteiger partial charge in [-0.2, -0.15) is 5.10 Å². The lowest BCUT2D eigenvalue weighted by molar-refractivity contribution is -0.114. The summed E-state index contributed by atoms with van der Waals surface area (Å²) in [4.78, 5) is 16.3. The van der Waals surface area contributed by atoms with Gasteiger partial charge in [0.1, 0.15) is 10.0 Å². The molecule has 3 rings (SSSR count). The summed E-state index contributed by atoms with van der Waals surface area (Å²) in [5.74, 6) is 4.83. The van der Waals surface area contributed by atoms with E-state index in [0.717, 1.165) is 10.6 Å². The summed E-state index contributed by atoms with van der Waals surface area (Å²) < 4.78 is 0. The van der Waals surface area contributed by atoms with Gasteiger partial charge in [0, 0.05) is 5.56 Å². The predicted octanol–water partition coefficient (Wildman–Crippen LogP) is 0.730. The largest absolute Gasteiger partial charge is 0.393 e. The van der Waals surface area contributed by atoms with E-state index in [4.69, 9.17) is 5.84 Å². The summed E-state index contributed by atoms with van der Waals surface area (Å²) in [5.41, 5.74) is 1.02. The number of carbonyl (C=O) groups excluding carboxylic acids is 1. The van der Waals surface area contributed by atoms with E-state index in [0.29, 0.717) is 17.8 Å². The highest BCUT2D eigenvalue weighted by Gasteiger charge is 2.26. The van der Waals surface area contributed by atoms with Gasteiger partial charge in [-0.25, -0.2) is 0 Å². The number of aliphatic hydroxyl groups excluding tert-OH is 1. The highest BCUT2D eigenvalue weighted by atomic mass is 32.1. The van der Waals surface area contributed by atoms with E-state index in [1.54, 1.807) is 0 Å². The minimum absolute atomic E-state index is 0.0242. The lowest BCUT2D eigenvalue weighted by atomic mass is 9.90. The first kappa shape index (κ1) is 17.2. The Morgan fingerprint density at radius 2 is 2.12 bits per heavy atom. The maximum absolute atomic E-state index is 12.1. The van der Waals surface area contributed by atoms with Gasteiger partial charge in [0.15, 0.2) is 5.71 Å². The van der Waals surface area contributed by atoms with E-state index >= 15 is 0 Å². The van der Waals surface area contributed by atoms with Crippen molar-refractivity contribution < 1.29 is 9.90 Å². The molecular formula is C16H18N6O2S. The molecule has 0 spiro atoms. The van der Waals surface area contributed by atoms with Gasteiger partial charge in [-0.05, 0) is 12.8 Å². The number of hydrogen-bond acceptors (Lipinski definition) is 8. The van der Waals surface area contributed by atoms with Gasteiger partial charge in [-0.1, -0.05) is 41.7 Å². The molecule has 1 aliphatic rings. The van der Waals surface area contributed by atoms with E-state index < -0.39 is 5.91 Å². The van der Waals surface area contributed by atoms with Crippen LogP contribution >= 0.6 is 11.3 Å². The Kier molecular flexibility index (Phi) is 5.46. The molecule has 8 nitrogen and oxygen atoms in total. The number of rotatable bonds is 6. The third kappa shape index (κ3) is 4.46. The zero-order valence-corrected chi connectivity index (χ0v) is 14.2. The number of aliphatic imine (C=N–C) groups is 1. The van der Waals surface area contributed by atoms with Crippen LogP contribution in [0, 0.1) is 0 Å². The molecule has 130 valence electrons. The molecule has 1 saturated carbocycles. The fraction of sp³-hybridized carbons (Fsp3) is 0.312. The van der Waals surface area contributed by atoms with Crippen molar-refractivity contribution in [2.24, 2.45) is 15.9 Å². The minimum atomic E-state index is -0.428. The molecule has 1 aromatic carbocycles. The van der Waals surface area contributed by atoms with Crippen LogP contribution in [-0.2, 0) is 11.3 Å². The van der Waals surface area contributed by atoms with Crippen LogP contribution in [0.4, 0.5) is 0 Å². The number of hydrazone groups is 1. The number of aliphatic hydroxyl groups is 1. The van der Waals surface area contributed by atoms with Crippen LogP contribution < -0.4 is 11.2 Å². The molecular weight excluding hydrogens is 340 g/mol. The first-order valence-corrected chi connectivity index (χ1v) is 8.62. The van der Waals surface area contributed by atoms with Crippen molar-refractivity contribution in [3.8, 4) is 10.6 Å². The second-order valence-electron chi connectivity index (χ2n) is 5.62. The summed E-state index contributed by atoms with van der Waals surface area (Å²) >= 11 is 1.41. The molecule has 0 unspecified atom stereocenters. The predicted molar refractivity (Wildman–Crippen MR) is 96.3 cm³/mol. The van der Waals surface area contributed by atoms with Crippen molar-refractivity contribution in [1.82, 2.24) is 15.5 Å². The number of nitrogens with zero attached hydrogens (tertiary/aromatic N) is 4. The fourth-order valence-electron chi connectivity index (χ4n) is 2.28. The molecule has 1 heterocycles. The van der Waals surface area contributed by atoms with Crippen LogP contribution in [0.25, 0.3) is 10.6 Å². The maximum atomic E-state index is 12.1. The number of nitrogens with two attached hydrogens (primary N) is 1. The Morgan fingerprint density at radius 1 is 1.36 bits per heavy atom. The molecule has 4 N–H and O–H groups in total. The van der Waals surface area contributed by atoms with Crippen molar-refractivity contribution in [1.29, 1.82) is 0 Å². The molecule has 25 heavy (non-hydrogen) atoms. The number of carbonyl (C=O) groups is 1. The monoisotopic (exact) mass is 358 g/mol. The molecule has 0 bridgehead atoms. The molecule has 9 heteroatoms. The average molecular weight is 358 g/mol. The van der Waals surface area contributed by atoms with Crippen LogP contribution in [0.5, 0.6) is 0 Å². The molecule has 1 aromatic heterocycles. The number of benzene rings is 1. The Hall–Kier alpha value is -2.65. The van der Waals surface area contributed by atoms with E-state index in [-0.39, 0.29) is 24.4 Å². The summed E-state index contributed by atoms with van der Waals surface area (Å²) in [6.07, 6.45) is 2.25. The molecule has 0 saturated heterocycles. The number of aromatic nitrogens is 2. The zero-order chi connectivity index (χ0) is 17.6. The Labute approximate surface area is 148 Å². The van der Waals surface area contributed by atoms with Crippen LogP contribution in [0.15, 0.2) is 40.4 Å². The Bertz CT molecular complexity index is 783. The first-order chi connectivity index (χ1) is 12.2. The SMILES string of the molecule is N/N=C(\C=NC1CC(O)C1)C(=O)NCc1nnc(-c2ccccc2)s1. The lowest BCUT2D eigenvalue weighted by Crippen LogP contribution is -2.35. The molecule has 0 aliphatic heterocycles. The summed E-state index contributed by atoms with van der Waals surface area (Å²) in [6.45, 7) is 0.234. The van der Waals surface area contributed by atoms with Gasteiger partial charge in [0.2, 0.25) is 0 Å². The van der Waals surface area contributed by atoms with Gasteiger partial charge >= 0.3 is 0 Å². The van der Waals surface area contributed by atoms with E-state index in [1.807, 2.05) is 30.3 Å². The molecule has 1 fully saturated rings. The van der Waals surface area contributed by atoms with Crippen molar-refractivity contribution in [3.63, 3.8) is 0 Å². The summed E-state index contributed by atoms with van der Waals surface area (Å²) in [7, 11) is 0. The fourth-order valence-corrected chi connectivity index (χ4v) is 3.06. The second kappa shape index (κ2) is 7.95. The molecule has 1 aliphatic carbocycles. The van der Waals surface area contributed by atoms with Gasteiger partial charge in [-0.3, -0.25) is 9.79 Å². The third-order valence-corrected chi connectivity index (χ3v) is 4.73. The quantitative estimate of drug-likeness (QED) is 0.399. The van der Waals surface area contributed by atoms with Crippen LogP contribution in [0.2, 0.25) is 0 Å². The van der Waals surface area contributed by atoms with Gasteiger partial charge in [0.05, 0.1) is 24.9 Å². The molecule has 0 radical (unpaired) electrons.